The molecule has 0 aliphatic heterocycles. The lowest BCUT2D eigenvalue weighted by Gasteiger charge is -2.34. The molecule has 18 heavy (non-hydrogen) atoms. The van der Waals surface area contributed by atoms with Crippen molar-refractivity contribution in [2.24, 2.45) is 0 Å². The van der Waals surface area contributed by atoms with E-state index in [1.165, 1.54) is 0 Å². The largest absolute Gasteiger partial charge is 0.439 e. The first kappa shape index (κ1) is 11.6. The molecule has 2 aromatic rings. The molecule has 0 saturated carbocycles. The fourth-order valence-electron chi connectivity index (χ4n) is 2.60. The normalized spacial score (nSPS) is 21.1. The Hall–Kier alpha value is -1.51. The molecule has 1 aliphatic rings. The van der Waals surface area contributed by atoms with Crippen LogP contribution >= 0.6 is 0 Å². The first-order valence-corrected chi connectivity index (χ1v) is 5.76. The molecule has 4 radical (unpaired) electrons. The topological polar surface area (TPSA) is 18.5 Å². The molecule has 84 valence electrons. The van der Waals surface area contributed by atoms with Crippen molar-refractivity contribution in [1.82, 2.24) is 0 Å². The summed E-state index contributed by atoms with van der Waals surface area (Å²) in [5, 5.41) is 0. The van der Waals surface area contributed by atoms with Gasteiger partial charge in [-0.3, -0.25) is 0 Å². The highest BCUT2D eigenvalue weighted by Gasteiger charge is 2.32. The third kappa shape index (κ3) is 1.61. The Morgan fingerprint density at radius 1 is 0.667 bits per heavy atom. The highest BCUT2D eigenvalue weighted by Crippen LogP contribution is 2.46. The Morgan fingerprint density at radius 2 is 1.06 bits per heavy atom. The minimum atomic E-state index is -0.388. The van der Waals surface area contributed by atoms with Gasteiger partial charge in [-0.2, -0.15) is 0 Å². The molecule has 2 nitrogen and oxygen atoms in total. The number of hydrogen-bond acceptors (Lipinski definition) is 2. The predicted octanol–water partition coefficient (Wildman–Crippen LogP) is 2.65. The van der Waals surface area contributed by atoms with Crippen LogP contribution in [-0.4, -0.2) is 16.1 Å². The van der Waals surface area contributed by atoms with Crippen molar-refractivity contribution in [3.05, 3.63) is 59.7 Å². The first-order chi connectivity index (χ1) is 8.86. The molecule has 0 spiro atoms. The van der Waals surface area contributed by atoms with E-state index < -0.39 is 0 Å². The van der Waals surface area contributed by atoms with Crippen molar-refractivity contribution in [2.45, 2.75) is 12.2 Å². The lowest BCUT2D eigenvalue weighted by molar-refractivity contribution is 0.0642. The van der Waals surface area contributed by atoms with Crippen LogP contribution in [0.4, 0.5) is 0 Å². The van der Waals surface area contributed by atoms with Crippen LogP contribution in [0.2, 0.25) is 0 Å². The summed E-state index contributed by atoms with van der Waals surface area (Å²) in [6.45, 7) is 0. The first-order valence-electron chi connectivity index (χ1n) is 5.76. The summed E-state index contributed by atoms with van der Waals surface area (Å²) >= 11 is 0. The Kier molecular flexibility index (Phi) is 2.98. The molecule has 0 heterocycles. The maximum atomic E-state index is 5.41. The fourth-order valence-corrected chi connectivity index (χ4v) is 2.60. The smallest absolute Gasteiger partial charge is 0.283 e. The van der Waals surface area contributed by atoms with Crippen LogP contribution in [0.15, 0.2) is 48.5 Å². The van der Waals surface area contributed by atoms with Gasteiger partial charge < -0.3 is 9.31 Å². The van der Waals surface area contributed by atoms with E-state index in [4.69, 9.17) is 25.4 Å². The molecule has 1 aliphatic carbocycles. The second kappa shape index (κ2) is 4.63. The SMILES string of the molecule is [B]OC1c2ccccc2-c2ccccc2C1O[B]. The van der Waals surface area contributed by atoms with Crippen molar-refractivity contribution < 1.29 is 9.31 Å². The van der Waals surface area contributed by atoms with Gasteiger partial charge in [0, 0.05) is 0 Å². The zero-order valence-electron chi connectivity index (χ0n) is 9.74. The van der Waals surface area contributed by atoms with E-state index in [9.17, 15) is 0 Å². The summed E-state index contributed by atoms with van der Waals surface area (Å²) in [6, 6.07) is 15.9. The minimum Gasteiger partial charge on any atom is -0.439 e. The van der Waals surface area contributed by atoms with Crippen LogP contribution in [-0.2, 0) is 9.31 Å². The summed E-state index contributed by atoms with van der Waals surface area (Å²) in [5.41, 5.74) is 4.21. The third-order valence-corrected chi connectivity index (χ3v) is 3.39. The van der Waals surface area contributed by atoms with Crippen LogP contribution in [0.5, 0.6) is 0 Å². The van der Waals surface area contributed by atoms with Crippen molar-refractivity contribution in [3.63, 3.8) is 0 Å². The van der Waals surface area contributed by atoms with Gasteiger partial charge >= 0.3 is 0 Å². The number of rotatable bonds is 2. The van der Waals surface area contributed by atoms with E-state index in [1.54, 1.807) is 0 Å². The second-order valence-corrected chi connectivity index (χ2v) is 4.29. The van der Waals surface area contributed by atoms with Gasteiger partial charge in [0.25, 0.3) is 16.1 Å². The molecule has 0 amide bonds. The molecule has 0 aromatic heterocycles. The summed E-state index contributed by atoms with van der Waals surface area (Å²) < 4.78 is 10.1. The second-order valence-electron chi connectivity index (χ2n) is 4.29. The Bertz CT molecular complexity index is 520. The van der Waals surface area contributed by atoms with Gasteiger partial charge in [0.2, 0.25) is 0 Å². The molecular weight excluding hydrogens is 222 g/mol. The molecule has 4 heteroatoms. The fraction of sp³-hybridized carbons (Fsp3) is 0.143. The van der Waals surface area contributed by atoms with Gasteiger partial charge in [0.15, 0.2) is 0 Å². The summed E-state index contributed by atoms with van der Waals surface area (Å²) in [7, 11) is 10.8. The van der Waals surface area contributed by atoms with Gasteiger partial charge in [-0.1, -0.05) is 48.5 Å². The third-order valence-electron chi connectivity index (χ3n) is 3.39. The molecule has 0 bridgehead atoms. The van der Waals surface area contributed by atoms with Crippen molar-refractivity contribution >= 4 is 16.1 Å². The zero-order chi connectivity index (χ0) is 12.5. The lowest BCUT2D eigenvalue weighted by Crippen LogP contribution is -2.21. The lowest BCUT2D eigenvalue weighted by atomic mass is 9.81. The Morgan fingerprint density at radius 3 is 1.44 bits per heavy atom. The quantitative estimate of drug-likeness (QED) is 0.740. The average Bonchev–Trinajstić information content (AvgIpc) is 2.45. The number of hydrogen-bond donors (Lipinski definition) is 0. The average molecular weight is 232 g/mol. The summed E-state index contributed by atoms with van der Waals surface area (Å²) in [5.74, 6) is 0. The molecule has 0 fully saturated rings. The molecule has 0 saturated heterocycles. The van der Waals surface area contributed by atoms with Crippen LogP contribution in [0.25, 0.3) is 11.1 Å². The highest BCUT2D eigenvalue weighted by molar-refractivity contribution is 5.99. The van der Waals surface area contributed by atoms with Crippen LogP contribution in [0.3, 0.4) is 0 Å². The zero-order valence-corrected chi connectivity index (χ0v) is 9.74. The minimum absolute atomic E-state index is 0.388. The number of benzene rings is 2. The predicted molar refractivity (Wildman–Crippen MR) is 71.0 cm³/mol. The van der Waals surface area contributed by atoms with Gasteiger partial charge in [0.1, 0.15) is 0 Å². The standard InChI is InChI=1S/C14H10B2O2/c15-17-13-11-7-3-1-5-9(11)10-6-2-4-8-12(10)14(13)18-16/h1-8,13-14H. The van der Waals surface area contributed by atoms with E-state index in [2.05, 4.69) is 0 Å². The van der Waals surface area contributed by atoms with E-state index >= 15 is 0 Å². The molecule has 2 aromatic carbocycles. The van der Waals surface area contributed by atoms with Crippen LogP contribution < -0.4 is 0 Å². The van der Waals surface area contributed by atoms with Gasteiger partial charge in [-0.15, -0.1) is 0 Å². The van der Waals surface area contributed by atoms with E-state index in [1.807, 2.05) is 48.5 Å². The van der Waals surface area contributed by atoms with Gasteiger partial charge in [-0.05, 0) is 22.3 Å². The highest BCUT2D eigenvalue weighted by atomic mass is 16.5. The molecule has 2 unspecified atom stereocenters. The van der Waals surface area contributed by atoms with E-state index in [0.29, 0.717) is 0 Å². The molecule has 0 N–H and O–H groups in total. The number of fused-ring (bicyclic) bond motifs is 3. The van der Waals surface area contributed by atoms with Gasteiger partial charge in [0.05, 0.1) is 12.2 Å². The summed E-state index contributed by atoms with van der Waals surface area (Å²) in [4.78, 5) is 0. The Balaban J connectivity index is 2.27. The van der Waals surface area contributed by atoms with Crippen molar-refractivity contribution in [3.8, 4) is 11.1 Å². The maximum Gasteiger partial charge on any atom is 0.283 e. The van der Waals surface area contributed by atoms with E-state index in [0.717, 1.165) is 22.3 Å². The van der Waals surface area contributed by atoms with Crippen LogP contribution in [0.1, 0.15) is 23.3 Å². The monoisotopic (exact) mass is 232 g/mol. The van der Waals surface area contributed by atoms with Crippen LogP contribution in [0, 0.1) is 0 Å². The van der Waals surface area contributed by atoms with Crippen molar-refractivity contribution in [2.75, 3.05) is 0 Å². The van der Waals surface area contributed by atoms with Crippen molar-refractivity contribution in [1.29, 1.82) is 0 Å². The van der Waals surface area contributed by atoms with Gasteiger partial charge in [-0.25, -0.2) is 0 Å². The molecular formula is C14H10B2O2. The van der Waals surface area contributed by atoms with E-state index in [-0.39, 0.29) is 12.2 Å². The molecule has 2 atom stereocenters. The summed E-state index contributed by atoms with van der Waals surface area (Å²) in [6.07, 6.45) is -0.776. The maximum absolute atomic E-state index is 5.41. The molecule has 3 rings (SSSR count). The Labute approximate surface area is 109 Å².